The molecule has 2 aromatic carbocycles. The van der Waals surface area contributed by atoms with E-state index >= 15 is 0 Å². The molecule has 0 radical (unpaired) electrons. The second-order valence-corrected chi connectivity index (χ2v) is 7.08. The molecular weight excluding hydrogens is 374 g/mol. The molecule has 1 aliphatic heterocycles. The van der Waals surface area contributed by atoms with Gasteiger partial charge in [0.2, 0.25) is 0 Å². The number of aromatic amines is 1. The normalized spacial score (nSPS) is 15.8. The standard InChI is InChI=1S/C20H19N5O2S/c1-27-16-9-7-15(8-10-16)18-11-17(14-5-3-2-4-6-14)24-25(18)19(26)12-28-20-21-13-22-23-20/h2-11,13,18,24H,12H2,1H3,(H,21,22,23)/t18-/m1/s1. The number of carbonyl (C=O) groups is 1. The van der Waals surface area contributed by atoms with Crippen LogP contribution in [0.5, 0.6) is 5.75 Å². The lowest BCUT2D eigenvalue weighted by Crippen LogP contribution is -2.40. The van der Waals surface area contributed by atoms with Crippen molar-refractivity contribution in [3.8, 4) is 5.75 Å². The van der Waals surface area contributed by atoms with Gasteiger partial charge in [-0.25, -0.2) is 9.99 Å². The zero-order chi connectivity index (χ0) is 19.3. The number of carbonyl (C=O) groups excluding carboxylic acids is 1. The van der Waals surface area contributed by atoms with Crippen LogP contribution >= 0.6 is 11.8 Å². The second-order valence-electron chi connectivity index (χ2n) is 6.12. The molecule has 0 saturated heterocycles. The van der Waals surface area contributed by atoms with Crippen LogP contribution < -0.4 is 10.2 Å². The lowest BCUT2D eigenvalue weighted by Gasteiger charge is -2.25. The number of hydrogen-bond donors (Lipinski definition) is 2. The lowest BCUT2D eigenvalue weighted by molar-refractivity contribution is -0.131. The van der Waals surface area contributed by atoms with Crippen molar-refractivity contribution < 1.29 is 9.53 Å². The number of amides is 1. The summed E-state index contributed by atoms with van der Waals surface area (Å²) in [6.07, 6.45) is 3.49. The number of hydrogen-bond acceptors (Lipinski definition) is 6. The van der Waals surface area contributed by atoms with Gasteiger partial charge in [-0.2, -0.15) is 5.10 Å². The number of nitrogens with one attached hydrogen (secondary N) is 2. The number of ether oxygens (including phenoxy) is 1. The quantitative estimate of drug-likeness (QED) is 0.627. The van der Waals surface area contributed by atoms with Gasteiger partial charge in [0.1, 0.15) is 12.1 Å². The monoisotopic (exact) mass is 393 g/mol. The van der Waals surface area contributed by atoms with Crippen molar-refractivity contribution in [3.05, 3.63) is 78.1 Å². The van der Waals surface area contributed by atoms with E-state index in [1.165, 1.54) is 18.1 Å². The van der Waals surface area contributed by atoms with Gasteiger partial charge in [0.25, 0.3) is 5.91 Å². The Morgan fingerprint density at radius 2 is 1.96 bits per heavy atom. The maximum Gasteiger partial charge on any atom is 0.252 e. The van der Waals surface area contributed by atoms with Crippen molar-refractivity contribution in [1.82, 2.24) is 25.6 Å². The maximum atomic E-state index is 12.9. The molecule has 8 heteroatoms. The van der Waals surface area contributed by atoms with Crippen LogP contribution in [-0.2, 0) is 4.79 Å². The fourth-order valence-electron chi connectivity index (χ4n) is 2.97. The highest BCUT2D eigenvalue weighted by atomic mass is 32.2. The predicted molar refractivity (Wildman–Crippen MR) is 107 cm³/mol. The first-order chi connectivity index (χ1) is 13.7. The zero-order valence-corrected chi connectivity index (χ0v) is 16.0. The van der Waals surface area contributed by atoms with Crippen LogP contribution in [0.25, 0.3) is 5.70 Å². The maximum absolute atomic E-state index is 12.9. The molecule has 2 heterocycles. The van der Waals surface area contributed by atoms with E-state index < -0.39 is 0 Å². The van der Waals surface area contributed by atoms with Crippen molar-refractivity contribution >= 4 is 23.4 Å². The van der Waals surface area contributed by atoms with Gasteiger partial charge in [0.05, 0.1) is 24.6 Å². The van der Waals surface area contributed by atoms with Crippen LogP contribution in [0.3, 0.4) is 0 Å². The summed E-state index contributed by atoms with van der Waals surface area (Å²) in [5, 5.41) is 8.84. The SMILES string of the molecule is COc1ccc([C@H]2C=C(c3ccccc3)NN2C(=O)CSc2ncn[nH]2)cc1. The van der Waals surface area contributed by atoms with Gasteiger partial charge < -0.3 is 4.74 Å². The molecular formula is C20H19N5O2S. The molecule has 1 aromatic heterocycles. The molecule has 1 amide bonds. The van der Waals surface area contributed by atoms with Gasteiger partial charge in [0, 0.05) is 0 Å². The Morgan fingerprint density at radius 1 is 1.18 bits per heavy atom. The molecule has 1 atom stereocenters. The van der Waals surface area contributed by atoms with Crippen LogP contribution in [0.2, 0.25) is 0 Å². The van der Waals surface area contributed by atoms with Crippen molar-refractivity contribution in [2.75, 3.05) is 12.9 Å². The van der Waals surface area contributed by atoms with Crippen LogP contribution in [0.1, 0.15) is 17.2 Å². The van der Waals surface area contributed by atoms with Crippen molar-refractivity contribution in [2.24, 2.45) is 0 Å². The summed E-state index contributed by atoms with van der Waals surface area (Å²) >= 11 is 1.32. The summed E-state index contributed by atoms with van der Waals surface area (Å²) in [6.45, 7) is 0. The third-order valence-corrected chi connectivity index (χ3v) is 5.24. The summed E-state index contributed by atoms with van der Waals surface area (Å²) < 4.78 is 5.25. The van der Waals surface area contributed by atoms with Gasteiger partial charge in [-0.05, 0) is 29.3 Å². The minimum absolute atomic E-state index is 0.0515. The van der Waals surface area contributed by atoms with Crippen LogP contribution in [0.4, 0.5) is 0 Å². The highest BCUT2D eigenvalue weighted by Crippen LogP contribution is 2.32. The molecule has 4 rings (SSSR count). The highest BCUT2D eigenvalue weighted by Gasteiger charge is 2.30. The second kappa shape index (κ2) is 8.18. The summed E-state index contributed by atoms with van der Waals surface area (Å²) in [4.78, 5) is 17.0. The van der Waals surface area contributed by atoms with Crippen LogP contribution in [-0.4, -0.2) is 39.0 Å². The Bertz CT molecular complexity index is 958. The average Bonchev–Trinajstić information content (AvgIpc) is 3.43. The van der Waals surface area contributed by atoms with E-state index in [0.717, 1.165) is 22.6 Å². The fraction of sp³-hybridized carbons (Fsp3) is 0.150. The van der Waals surface area contributed by atoms with Crippen LogP contribution in [0.15, 0.2) is 72.2 Å². The zero-order valence-electron chi connectivity index (χ0n) is 15.2. The van der Waals surface area contributed by atoms with E-state index in [-0.39, 0.29) is 17.7 Å². The predicted octanol–water partition coefficient (Wildman–Crippen LogP) is 3.03. The first-order valence-corrected chi connectivity index (χ1v) is 9.71. The van der Waals surface area contributed by atoms with Crippen molar-refractivity contribution in [1.29, 1.82) is 0 Å². The van der Waals surface area contributed by atoms with Gasteiger partial charge in [-0.3, -0.25) is 15.3 Å². The van der Waals surface area contributed by atoms with Gasteiger partial charge in [-0.15, -0.1) is 0 Å². The van der Waals surface area contributed by atoms with E-state index in [1.807, 2.05) is 54.6 Å². The molecule has 0 fully saturated rings. The van der Waals surface area contributed by atoms with Gasteiger partial charge in [0.15, 0.2) is 5.16 Å². The Balaban J connectivity index is 1.58. The molecule has 0 unspecified atom stereocenters. The summed E-state index contributed by atoms with van der Waals surface area (Å²) in [5.74, 6) is 0.968. The Kier molecular flexibility index (Phi) is 5.29. The molecule has 1 aliphatic rings. The lowest BCUT2D eigenvalue weighted by atomic mass is 10.0. The molecule has 2 N–H and O–H groups in total. The molecule has 28 heavy (non-hydrogen) atoms. The first kappa shape index (κ1) is 18.1. The van der Waals surface area contributed by atoms with Crippen LogP contribution in [0, 0.1) is 0 Å². The number of benzene rings is 2. The van der Waals surface area contributed by atoms with Crippen molar-refractivity contribution in [2.45, 2.75) is 11.2 Å². The van der Waals surface area contributed by atoms with E-state index in [0.29, 0.717) is 5.16 Å². The van der Waals surface area contributed by atoms with Gasteiger partial charge in [-0.1, -0.05) is 54.2 Å². The number of methoxy groups -OCH3 is 1. The summed E-state index contributed by atoms with van der Waals surface area (Å²) in [7, 11) is 1.64. The van der Waals surface area contributed by atoms with E-state index in [9.17, 15) is 4.79 Å². The fourth-order valence-corrected chi connectivity index (χ4v) is 3.61. The minimum atomic E-state index is -0.219. The molecule has 7 nitrogen and oxygen atoms in total. The minimum Gasteiger partial charge on any atom is -0.497 e. The average molecular weight is 393 g/mol. The highest BCUT2D eigenvalue weighted by molar-refractivity contribution is 7.99. The largest absolute Gasteiger partial charge is 0.497 e. The molecule has 3 aromatic rings. The topological polar surface area (TPSA) is 83.1 Å². The van der Waals surface area contributed by atoms with Crippen molar-refractivity contribution in [3.63, 3.8) is 0 Å². The number of hydrazine groups is 1. The molecule has 142 valence electrons. The third kappa shape index (κ3) is 3.86. The van der Waals surface area contributed by atoms with Gasteiger partial charge >= 0.3 is 0 Å². The number of rotatable bonds is 6. The number of H-pyrrole nitrogens is 1. The summed E-state index contributed by atoms with van der Waals surface area (Å²) in [5.41, 5.74) is 6.20. The summed E-state index contributed by atoms with van der Waals surface area (Å²) in [6, 6.07) is 17.5. The number of aromatic nitrogens is 3. The molecule has 0 spiro atoms. The Morgan fingerprint density at radius 3 is 2.64 bits per heavy atom. The van der Waals surface area contributed by atoms with E-state index in [4.69, 9.17) is 4.74 Å². The number of thioether (sulfide) groups is 1. The number of nitrogens with zero attached hydrogens (tertiary/aromatic N) is 3. The smallest absolute Gasteiger partial charge is 0.252 e. The Hall–Kier alpha value is -3.26. The first-order valence-electron chi connectivity index (χ1n) is 8.72. The van der Waals surface area contributed by atoms with E-state index in [2.05, 4.69) is 26.7 Å². The third-order valence-electron chi connectivity index (χ3n) is 4.38. The van der Waals surface area contributed by atoms with E-state index in [1.54, 1.807) is 12.1 Å². The molecule has 0 aliphatic carbocycles. The molecule has 0 bridgehead atoms. The molecule has 0 saturated carbocycles. The Labute approximate surface area is 166 Å².